The standard InChI is InChI=1S/C21H16Cl2N4O2S/c22-14-6-12-19(29-9-10-8-26-4-5-27(10)21(12)28)18(23)17(14)11-2-1-3-15-16(11)13(7-24)20(25)30-15/h1-3,6,10,26H,4-5,8-9,25H2/t10-/m1/s1. The number of piperazine rings is 1. The Morgan fingerprint density at radius 1 is 1.33 bits per heavy atom. The van der Waals surface area contributed by atoms with E-state index in [0.29, 0.717) is 63.1 Å². The first-order valence-electron chi connectivity index (χ1n) is 9.39. The smallest absolute Gasteiger partial charge is 0.258 e. The minimum Gasteiger partial charge on any atom is -0.489 e. The molecule has 6 nitrogen and oxygen atoms in total. The number of fused-ring (bicyclic) bond motifs is 3. The Bertz CT molecular complexity index is 1250. The van der Waals surface area contributed by atoms with E-state index in [0.717, 1.165) is 11.2 Å². The van der Waals surface area contributed by atoms with E-state index < -0.39 is 0 Å². The number of halogens is 2. The maximum atomic E-state index is 13.2. The van der Waals surface area contributed by atoms with Gasteiger partial charge in [0.2, 0.25) is 0 Å². The second-order valence-electron chi connectivity index (χ2n) is 7.22. The van der Waals surface area contributed by atoms with E-state index in [1.807, 2.05) is 23.1 Å². The number of ether oxygens (including phenoxy) is 1. The molecular formula is C21H16Cl2N4O2S. The fourth-order valence-electron chi connectivity index (χ4n) is 4.15. The summed E-state index contributed by atoms with van der Waals surface area (Å²) < 4.78 is 6.89. The number of nitrogen functional groups attached to an aromatic ring is 1. The number of nitrogens with zero attached hydrogens (tertiary/aromatic N) is 2. The van der Waals surface area contributed by atoms with E-state index in [-0.39, 0.29) is 17.0 Å². The zero-order valence-electron chi connectivity index (χ0n) is 15.7. The van der Waals surface area contributed by atoms with Crippen molar-refractivity contribution in [2.75, 3.05) is 32.0 Å². The number of nitriles is 1. The van der Waals surface area contributed by atoms with Crippen molar-refractivity contribution in [1.29, 1.82) is 5.26 Å². The Morgan fingerprint density at radius 3 is 2.97 bits per heavy atom. The van der Waals surface area contributed by atoms with Gasteiger partial charge < -0.3 is 20.7 Å². The van der Waals surface area contributed by atoms with Gasteiger partial charge in [0.05, 0.1) is 27.2 Å². The van der Waals surface area contributed by atoms with Crippen LogP contribution in [-0.2, 0) is 0 Å². The molecule has 0 bridgehead atoms. The quantitative estimate of drug-likeness (QED) is 0.571. The Morgan fingerprint density at radius 2 is 2.17 bits per heavy atom. The lowest BCUT2D eigenvalue weighted by Crippen LogP contribution is -2.54. The molecule has 0 saturated carbocycles. The SMILES string of the molecule is N#Cc1c(N)sc2cccc(-c3c(Cl)cc4c(c3Cl)OC[C@H]3CNCCN3C4=O)c12. The molecular weight excluding hydrogens is 443 g/mol. The molecule has 0 spiro atoms. The molecule has 0 unspecified atom stereocenters. The average molecular weight is 459 g/mol. The fourth-order valence-corrected chi connectivity index (χ4v) is 5.81. The summed E-state index contributed by atoms with van der Waals surface area (Å²) in [5.74, 6) is 0.189. The number of amides is 1. The summed E-state index contributed by atoms with van der Waals surface area (Å²) in [6, 6.07) is 9.34. The first-order chi connectivity index (χ1) is 14.5. The molecule has 30 heavy (non-hydrogen) atoms. The monoisotopic (exact) mass is 458 g/mol. The number of carbonyl (C=O) groups is 1. The van der Waals surface area contributed by atoms with Gasteiger partial charge in [0, 0.05) is 35.3 Å². The largest absolute Gasteiger partial charge is 0.489 e. The third-order valence-corrected chi connectivity index (χ3v) is 7.20. The number of hydrogen-bond donors (Lipinski definition) is 2. The van der Waals surface area contributed by atoms with Crippen LogP contribution in [0.5, 0.6) is 5.75 Å². The maximum absolute atomic E-state index is 13.2. The van der Waals surface area contributed by atoms with Crippen molar-refractivity contribution in [3.8, 4) is 22.9 Å². The summed E-state index contributed by atoms with van der Waals surface area (Å²) in [6.07, 6.45) is 0. The second kappa shape index (κ2) is 7.33. The van der Waals surface area contributed by atoms with Crippen molar-refractivity contribution in [3.63, 3.8) is 0 Å². The summed E-state index contributed by atoms with van der Waals surface area (Å²) in [5.41, 5.74) is 8.03. The summed E-state index contributed by atoms with van der Waals surface area (Å²) in [4.78, 5) is 15.0. The molecule has 1 aromatic heterocycles. The van der Waals surface area contributed by atoms with Crippen LogP contribution in [-0.4, -0.2) is 43.1 Å². The highest BCUT2D eigenvalue weighted by Crippen LogP contribution is 2.48. The van der Waals surface area contributed by atoms with E-state index in [9.17, 15) is 10.1 Å². The van der Waals surface area contributed by atoms with Crippen LogP contribution in [0.15, 0.2) is 24.3 Å². The van der Waals surface area contributed by atoms with E-state index in [2.05, 4.69) is 11.4 Å². The maximum Gasteiger partial charge on any atom is 0.258 e. The van der Waals surface area contributed by atoms with Crippen molar-refractivity contribution in [3.05, 3.63) is 45.4 Å². The van der Waals surface area contributed by atoms with Gasteiger partial charge in [0.25, 0.3) is 5.91 Å². The molecule has 3 aromatic rings. The Hall–Kier alpha value is -2.50. The molecule has 2 aliphatic heterocycles. The molecule has 0 aliphatic carbocycles. The zero-order chi connectivity index (χ0) is 21.0. The van der Waals surface area contributed by atoms with Gasteiger partial charge in [-0.1, -0.05) is 35.3 Å². The lowest BCUT2D eigenvalue weighted by atomic mass is 9.97. The van der Waals surface area contributed by atoms with Crippen LogP contribution in [0.1, 0.15) is 15.9 Å². The van der Waals surface area contributed by atoms with Gasteiger partial charge >= 0.3 is 0 Å². The molecule has 3 heterocycles. The van der Waals surface area contributed by atoms with Crippen molar-refractivity contribution < 1.29 is 9.53 Å². The number of benzene rings is 2. The third kappa shape index (κ3) is 2.83. The molecule has 1 fully saturated rings. The summed E-state index contributed by atoms with van der Waals surface area (Å²) in [5, 5.41) is 14.6. The number of nitrogens with one attached hydrogen (secondary N) is 1. The highest BCUT2D eigenvalue weighted by molar-refractivity contribution is 7.23. The summed E-state index contributed by atoms with van der Waals surface area (Å²) in [7, 11) is 0. The van der Waals surface area contributed by atoms with Crippen LogP contribution >= 0.6 is 34.5 Å². The van der Waals surface area contributed by atoms with Crippen LogP contribution in [0.4, 0.5) is 5.00 Å². The minimum atomic E-state index is -0.139. The van der Waals surface area contributed by atoms with Crippen molar-refractivity contribution >= 4 is 55.5 Å². The normalized spacial score (nSPS) is 18.4. The van der Waals surface area contributed by atoms with Crippen molar-refractivity contribution in [2.45, 2.75) is 6.04 Å². The van der Waals surface area contributed by atoms with Crippen molar-refractivity contribution in [2.24, 2.45) is 0 Å². The van der Waals surface area contributed by atoms with Gasteiger partial charge in [0.1, 0.15) is 17.7 Å². The molecule has 3 N–H and O–H groups in total. The van der Waals surface area contributed by atoms with E-state index in [4.69, 9.17) is 33.7 Å². The number of carbonyl (C=O) groups excluding carboxylic acids is 1. The van der Waals surface area contributed by atoms with Crippen LogP contribution in [0, 0.1) is 11.3 Å². The number of anilines is 1. The van der Waals surface area contributed by atoms with Crippen molar-refractivity contribution in [1.82, 2.24) is 10.2 Å². The molecule has 0 radical (unpaired) electrons. The van der Waals surface area contributed by atoms with Crippen LogP contribution < -0.4 is 15.8 Å². The van der Waals surface area contributed by atoms with Gasteiger partial charge in [-0.05, 0) is 17.7 Å². The molecule has 5 rings (SSSR count). The van der Waals surface area contributed by atoms with E-state index in [1.54, 1.807) is 6.07 Å². The van der Waals surface area contributed by atoms with Gasteiger partial charge in [-0.25, -0.2) is 0 Å². The summed E-state index contributed by atoms with van der Waals surface area (Å²) >= 11 is 14.8. The molecule has 1 saturated heterocycles. The highest BCUT2D eigenvalue weighted by atomic mass is 35.5. The third-order valence-electron chi connectivity index (χ3n) is 5.56. The number of thiophene rings is 1. The highest BCUT2D eigenvalue weighted by Gasteiger charge is 2.35. The fraction of sp³-hybridized carbons (Fsp3) is 0.238. The Kier molecular flexibility index (Phi) is 4.75. The number of rotatable bonds is 1. The van der Waals surface area contributed by atoms with Gasteiger partial charge in [-0.15, -0.1) is 11.3 Å². The Balaban J connectivity index is 1.74. The molecule has 152 valence electrons. The van der Waals surface area contributed by atoms with E-state index in [1.165, 1.54) is 11.3 Å². The molecule has 1 atom stereocenters. The Labute approximate surface area is 186 Å². The van der Waals surface area contributed by atoms with E-state index >= 15 is 0 Å². The predicted octanol–water partition coefficient (Wildman–Crippen LogP) is 4.14. The zero-order valence-corrected chi connectivity index (χ0v) is 18.0. The van der Waals surface area contributed by atoms with Crippen LogP contribution in [0.3, 0.4) is 0 Å². The molecule has 2 aromatic carbocycles. The minimum absolute atomic E-state index is 0.0674. The van der Waals surface area contributed by atoms with Crippen LogP contribution in [0.25, 0.3) is 21.2 Å². The average Bonchev–Trinajstić information content (AvgIpc) is 3.00. The molecule has 1 amide bonds. The number of nitrogens with two attached hydrogens (primary N) is 1. The molecule has 9 heteroatoms. The lowest BCUT2D eigenvalue weighted by molar-refractivity contribution is 0.0606. The lowest BCUT2D eigenvalue weighted by Gasteiger charge is -2.33. The van der Waals surface area contributed by atoms with Gasteiger partial charge in [0.15, 0.2) is 5.75 Å². The first-order valence-corrected chi connectivity index (χ1v) is 11.0. The predicted molar refractivity (Wildman–Crippen MR) is 120 cm³/mol. The first kappa shape index (κ1) is 19.5. The number of hydrogen-bond acceptors (Lipinski definition) is 6. The van der Waals surface area contributed by atoms with Gasteiger partial charge in [-0.3, -0.25) is 4.79 Å². The van der Waals surface area contributed by atoms with Crippen LogP contribution in [0.2, 0.25) is 10.0 Å². The second-order valence-corrected chi connectivity index (χ2v) is 9.09. The van der Waals surface area contributed by atoms with Gasteiger partial charge in [-0.2, -0.15) is 5.26 Å². The molecule has 2 aliphatic rings. The summed E-state index contributed by atoms with van der Waals surface area (Å²) in [6.45, 7) is 2.33. The topological polar surface area (TPSA) is 91.4 Å².